The van der Waals surface area contributed by atoms with E-state index in [2.05, 4.69) is 20.8 Å². The molecule has 2 aliphatic carbocycles. The van der Waals surface area contributed by atoms with Crippen LogP contribution in [0.2, 0.25) is 0 Å². The standard InChI is InChI=1S/C30H36N6O6S2/c1-3-42-29(39)26-21-11-7-8-12-23(21)44-28(26)32-25(37)17-43-30-34-33-24(35(30)20-9-5-4-6-10-20)16-31-27(38)19-14-13-18(2)22(15-19)36(40)41/h13-15,20H,3-12,16-17H2,1-2H3,(H,31,38)(H,32,37). The van der Waals surface area contributed by atoms with Crippen LogP contribution in [-0.4, -0.2) is 49.8 Å². The Balaban J connectivity index is 1.29. The van der Waals surface area contributed by atoms with Gasteiger partial charge in [0.1, 0.15) is 5.00 Å². The van der Waals surface area contributed by atoms with Crippen LogP contribution < -0.4 is 10.6 Å². The molecule has 234 valence electrons. The number of nitro groups is 1. The molecule has 2 N–H and O–H groups in total. The Hall–Kier alpha value is -3.78. The molecule has 0 saturated heterocycles. The molecule has 1 fully saturated rings. The van der Waals surface area contributed by atoms with Crippen molar-refractivity contribution in [3.8, 4) is 0 Å². The number of carbonyl (C=O) groups is 3. The minimum atomic E-state index is -0.504. The number of anilines is 1. The number of amides is 2. The number of hydrogen-bond donors (Lipinski definition) is 2. The fourth-order valence-corrected chi connectivity index (χ4v) is 7.93. The first-order valence-corrected chi connectivity index (χ1v) is 16.8. The number of aromatic nitrogens is 3. The van der Waals surface area contributed by atoms with Crippen molar-refractivity contribution in [2.75, 3.05) is 17.7 Å². The van der Waals surface area contributed by atoms with Gasteiger partial charge < -0.3 is 19.9 Å². The number of hydrogen-bond acceptors (Lipinski definition) is 10. The Kier molecular flexibility index (Phi) is 10.3. The van der Waals surface area contributed by atoms with Gasteiger partial charge in [0.25, 0.3) is 11.6 Å². The van der Waals surface area contributed by atoms with Crippen LogP contribution >= 0.6 is 23.1 Å². The first-order chi connectivity index (χ1) is 21.3. The summed E-state index contributed by atoms with van der Waals surface area (Å²) in [6.07, 6.45) is 8.90. The molecule has 12 nitrogen and oxygen atoms in total. The Morgan fingerprint density at radius 3 is 2.66 bits per heavy atom. The average Bonchev–Trinajstić information content (AvgIpc) is 3.60. The molecule has 0 aliphatic heterocycles. The van der Waals surface area contributed by atoms with E-state index in [1.807, 2.05) is 4.57 Å². The molecule has 44 heavy (non-hydrogen) atoms. The van der Waals surface area contributed by atoms with Gasteiger partial charge in [0.05, 0.1) is 29.4 Å². The number of rotatable bonds is 11. The van der Waals surface area contributed by atoms with Crippen LogP contribution in [0.3, 0.4) is 0 Å². The summed E-state index contributed by atoms with van der Waals surface area (Å²) < 4.78 is 7.33. The maximum atomic E-state index is 13.2. The van der Waals surface area contributed by atoms with Gasteiger partial charge in [-0.25, -0.2) is 4.79 Å². The lowest BCUT2D eigenvalue weighted by Crippen LogP contribution is -2.26. The van der Waals surface area contributed by atoms with Crippen LogP contribution in [0.15, 0.2) is 23.4 Å². The van der Waals surface area contributed by atoms with Crippen LogP contribution in [0.4, 0.5) is 10.7 Å². The molecule has 5 rings (SSSR count). The van der Waals surface area contributed by atoms with Gasteiger partial charge in [-0.05, 0) is 64.0 Å². The van der Waals surface area contributed by atoms with Crippen molar-refractivity contribution in [1.29, 1.82) is 0 Å². The number of thiophene rings is 1. The lowest BCUT2D eigenvalue weighted by atomic mass is 9.95. The number of ether oxygens (including phenoxy) is 1. The number of carbonyl (C=O) groups excluding carboxylic acids is 3. The second-order valence-electron chi connectivity index (χ2n) is 11.0. The molecule has 2 amide bonds. The van der Waals surface area contributed by atoms with Crippen molar-refractivity contribution in [3.63, 3.8) is 0 Å². The van der Waals surface area contributed by atoms with Gasteiger partial charge in [0, 0.05) is 28.1 Å². The zero-order valence-electron chi connectivity index (χ0n) is 24.8. The number of nitrogens with zero attached hydrogens (tertiary/aromatic N) is 4. The highest BCUT2D eigenvalue weighted by molar-refractivity contribution is 7.99. The predicted octanol–water partition coefficient (Wildman–Crippen LogP) is 5.78. The topological polar surface area (TPSA) is 158 Å². The van der Waals surface area contributed by atoms with Gasteiger partial charge in [0.15, 0.2) is 11.0 Å². The largest absolute Gasteiger partial charge is 0.462 e. The lowest BCUT2D eigenvalue weighted by Gasteiger charge is -2.25. The van der Waals surface area contributed by atoms with E-state index in [4.69, 9.17) is 4.74 Å². The molecule has 0 spiro atoms. The highest BCUT2D eigenvalue weighted by atomic mass is 32.2. The third-order valence-electron chi connectivity index (χ3n) is 7.99. The van der Waals surface area contributed by atoms with E-state index < -0.39 is 16.8 Å². The second-order valence-corrected chi connectivity index (χ2v) is 13.0. The number of nitrogens with one attached hydrogen (secondary N) is 2. The first kappa shape index (κ1) is 31.6. The van der Waals surface area contributed by atoms with Crippen molar-refractivity contribution in [3.05, 3.63) is 61.3 Å². The molecular formula is C30H36N6O6S2. The summed E-state index contributed by atoms with van der Waals surface area (Å²) in [4.78, 5) is 50.8. The SMILES string of the molecule is CCOC(=O)c1c(NC(=O)CSc2nnc(CNC(=O)c3ccc(C)c([N+](=O)[O-])c3)n2C2CCCCC2)sc2c1CCCC2. The summed E-state index contributed by atoms with van der Waals surface area (Å²) in [5, 5.41) is 27.0. The predicted molar refractivity (Wildman–Crippen MR) is 167 cm³/mol. The van der Waals surface area contributed by atoms with E-state index in [1.54, 1.807) is 26.0 Å². The number of esters is 1. The van der Waals surface area contributed by atoms with Gasteiger partial charge >= 0.3 is 5.97 Å². The smallest absolute Gasteiger partial charge is 0.341 e. The average molecular weight is 641 g/mol. The summed E-state index contributed by atoms with van der Waals surface area (Å²) >= 11 is 2.72. The quantitative estimate of drug-likeness (QED) is 0.115. The number of aryl methyl sites for hydroxylation is 2. The van der Waals surface area contributed by atoms with Crippen LogP contribution in [0.25, 0.3) is 0 Å². The van der Waals surface area contributed by atoms with Crippen LogP contribution in [-0.2, 0) is 28.9 Å². The monoisotopic (exact) mass is 640 g/mol. The highest BCUT2D eigenvalue weighted by Gasteiger charge is 2.28. The second kappa shape index (κ2) is 14.3. The van der Waals surface area contributed by atoms with Crippen molar-refractivity contribution >= 4 is 51.6 Å². The summed E-state index contributed by atoms with van der Waals surface area (Å²) in [5.41, 5.74) is 2.02. The molecule has 2 aliphatic rings. The molecule has 0 unspecified atom stereocenters. The maximum Gasteiger partial charge on any atom is 0.341 e. The van der Waals surface area contributed by atoms with Crippen molar-refractivity contribution in [2.45, 2.75) is 89.4 Å². The lowest BCUT2D eigenvalue weighted by molar-refractivity contribution is -0.385. The molecule has 14 heteroatoms. The van der Waals surface area contributed by atoms with Crippen molar-refractivity contribution in [2.24, 2.45) is 0 Å². The zero-order chi connectivity index (χ0) is 31.2. The third-order valence-corrected chi connectivity index (χ3v) is 10.1. The van der Waals surface area contributed by atoms with Gasteiger partial charge in [-0.3, -0.25) is 19.7 Å². The van der Waals surface area contributed by atoms with E-state index in [0.29, 0.717) is 27.1 Å². The zero-order valence-corrected chi connectivity index (χ0v) is 26.5. The van der Waals surface area contributed by atoms with E-state index in [9.17, 15) is 24.5 Å². The van der Waals surface area contributed by atoms with Gasteiger partial charge in [-0.1, -0.05) is 37.1 Å². The summed E-state index contributed by atoms with van der Waals surface area (Å²) in [5.74, 6) is -0.483. The molecule has 1 saturated carbocycles. The van der Waals surface area contributed by atoms with Crippen LogP contribution in [0.5, 0.6) is 0 Å². The molecule has 1 aromatic carbocycles. The van der Waals surface area contributed by atoms with Gasteiger partial charge in [0.2, 0.25) is 5.91 Å². The third kappa shape index (κ3) is 7.12. The molecule has 3 aromatic rings. The summed E-state index contributed by atoms with van der Waals surface area (Å²) in [7, 11) is 0. The Morgan fingerprint density at radius 2 is 1.91 bits per heavy atom. The number of benzene rings is 1. The Morgan fingerprint density at radius 1 is 1.14 bits per heavy atom. The van der Waals surface area contributed by atoms with Gasteiger partial charge in [-0.2, -0.15) is 0 Å². The molecule has 0 atom stereocenters. The van der Waals surface area contributed by atoms with Crippen LogP contribution in [0, 0.1) is 17.0 Å². The molecule has 0 radical (unpaired) electrons. The maximum absolute atomic E-state index is 13.2. The summed E-state index contributed by atoms with van der Waals surface area (Å²) in [6, 6.07) is 4.52. The van der Waals surface area contributed by atoms with Gasteiger partial charge in [-0.15, -0.1) is 21.5 Å². The fourth-order valence-electron chi connectivity index (χ4n) is 5.81. The van der Waals surface area contributed by atoms with E-state index in [0.717, 1.165) is 68.2 Å². The number of nitro benzene ring substituents is 1. The van der Waals surface area contributed by atoms with E-state index >= 15 is 0 Å². The van der Waals surface area contributed by atoms with E-state index in [-0.39, 0.29) is 42.1 Å². The van der Waals surface area contributed by atoms with Crippen molar-refractivity contribution < 1.29 is 24.0 Å². The molecule has 2 heterocycles. The minimum absolute atomic E-state index is 0.0646. The molecular weight excluding hydrogens is 605 g/mol. The highest BCUT2D eigenvalue weighted by Crippen LogP contribution is 2.39. The first-order valence-electron chi connectivity index (χ1n) is 15.0. The van der Waals surface area contributed by atoms with Crippen LogP contribution in [0.1, 0.15) is 100 Å². The fraction of sp³-hybridized carbons (Fsp3) is 0.500. The minimum Gasteiger partial charge on any atom is -0.462 e. The van der Waals surface area contributed by atoms with E-state index in [1.165, 1.54) is 29.2 Å². The number of fused-ring (bicyclic) bond motifs is 1. The molecule has 2 aromatic heterocycles. The van der Waals surface area contributed by atoms with Crippen molar-refractivity contribution in [1.82, 2.24) is 20.1 Å². The molecule has 0 bridgehead atoms. The Bertz CT molecular complexity index is 1560. The summed E-state index contributed by atoms with van der Waals surface area (Å²) in [6.45, 7) is 3.74. The normalized spacial score (nSPS) is 15.0. The Labute approximate surface area is 263 Å². The number of thioether (sulfide) groups is 1.